The van der Waals surface area contributed by atoms with E-state index < -0.39 is 11.6 Å². The first-order valence-electron chi connectivity index (χ1n) is 6.94. The molecule has 1 aliphatic carbocycles. The van der Waals surface area contributed by atoms with Crippen LogP contribution in [0.15, 0.2) is 16.6 Å². The molecule has 1 aliphatic rings. The van der Waals surface area contributed by atoms with Crippen LogP contribution in [-0.2, 0) is 6.42 Å². The fourth-order valence-corrected chi connectivity index (χ4v) is 3.67. The van der Waals surface area contributed by atoms with Crippen LogP contribution in [0.25, 0.3) is 0 Å². The van der Waals surface area contributed by atoms with Crippen molar-refractivity contribution in [2.75, 3.05) is 14.1 Å². The second-order valence-corrected chi connectivity index (χ2v) is 6.69. The highest BCUT2D eigenvalue weighted by molar-refractivity contribution is 9.10. The van der Waals surface area contributed by atoms with E-state index in [1.165, 1.54) is 12.1 Å². The Morgan fingerprint density at radius 2 is 1.90 bits per heavy atom. The molecule has 112 valence electrons. The molecular weight excluding hydrogens is 326 g/mol. The van der Waals surface area contributed by atoms with Gasteiger partial charge in [-0.25, -0.2) is 8.78 Å². The molecule has 0 amide bonds. The van der Waals surface area contributed by atoms with E-state index in [0.29, 0.717) is 0 Å². The van der Waals surface area contributed by atoms with Crippen molar-refractivity contribution in [3.05, 3.63) is 33.8 Å². The fourth-order valence-electron chi connectivity index (χ4n) is 3.30. The first-order valence-corrected chi connectivity index (χ1v) is 7.73. The molecule has 0 aromatic heterocycles. The van der Waals surface area contributed by atoms with Gasteiger partial charge in [0, 0.05) is 17.1 Å². The third kappa shape index (κ3) is 2.76. The first kappa shape index (κ1) is 15.9. The van der Waals surface area contributed by atoms with Crippen molar-refractivity contribution >= 4 is 15.9 Å². The van der Waals surface area contributed by atoms with E-state index >= 15 is 0 Å². The van der Waals surface area contributed by atoms with Gasteiger partial charge < -0.3 is 10.6 Å². The van der Waals surface area contributed by atoms with E-state index in [1.807, 2.05) is 14.1 Å². The minimum Gasteiger partial charge on any atom is -0.326 e. The van der Waals surface area contributed by atoms with Crippen LogP contribution >= 0.6 is 15.9 Å². The van der Waals surface area contributed by atoms with E-state index in [1.54, 1.807) is 0 Å². The molecule has 5 heteroatoms. The summed E-state index contributed by atoms with van der Waals surface area (Å²) in [5, 5.41) is 0. The van der Waals surface area contributed by atoms with Crippen molar-refractivity contribution in [3.8, 4) is 0 Å². The van der Waals surface area contributed by atoms with Gasteiger partial charge in [-0.15, -0.1) is 0 Å². The maximum absolute atomic E-state index is 14.1. The maximum Gasteiger partial charge on any atom is 0.143 e. The molecule has 0 radical (unpaired) electrons. The molecule has 1 fully saturated rings. The number of likely N-dealkylation sites (N-methyl/N-ethyl adjacent to an activating group) is 1. The summed E-state index contributed by atoms with van der Waals surface area (Å²) >= 11 is 3.10. The Bertz CT molecular complexity index is 485. The Kier molecular flexibility index (Phi) is 4.82. The minimum absolute atomic E-state index is 0.0833. The van der Waals surface area contributed by atoms with Crippen LogP contribution in [0.2, 0.25) is 0 Å². The predicted molar refractivity (Wildman–Crippen MR) is 80.6 cm³/mol. The normalized spacial score (nSPS) is 19.6. The zero-order valence-electron chi connectivity index (χ0n) is 11.9. The molecule has 0 spiro atoms. The van der Waals surface area contributed by atoms with E-state index in [0.717, 1.165) is 25.7 Å². The highest BCUT2D eigenvalue weighted by atomic mass is 79.9. The van der Waals surface area contributed by atoms with Gasteiger partial charge >= 0.3 is 0 Å². The lowest BCUT2D eigenvalue weighted by atomic mass is 9.83. The van der Waals surface area contributed by atoms with Gasteiger partial charge in [0.15, 0.2) is 0 Å². The summed E-state index contributed by atoms with van der Waals surface area (Å²) in [5.74, 6) is -1.06. The summed E-state index contributed by atoms with van der Waals surface area (Å²) in [7, 11) is 4.00. The lowest BCUT2D eigenvalue weighted by molar-refractivity contribution is 0.122. The highest BCUT2D eigenvalue weighted by Crippen LogP contribution is 2.37. The Balaban J connectivity index is 2.27. The number of rotatable bonds is 4. The quantitative estimate of drug-likeness (QED) is 0.845. The lowest BCUT2D eigenvalue weighted by Crippen LogP contribution is -2.56. The standard InChI is InChI=1S/C15H21BrF2N2/c1-20(2)15(7-3-4-8-15)13(19)9-10-12(17)6-5-11(16)14(10)18/h5-6,13H,3-4,7-9,19H2,1-2H3. The van der Waals surface area contributed by atoms with Crippen LogP contribution < -0.4 is 5.73 Å². The zero-order chi connectivity index (χ0) is 14.9. The molecule has 2 N–H and O–H groups in total. The third-order valence-electron chi connectivity index (χ3n) is 4.61. The van der Waals surface area contributed by atoms with Gasteiger partial charge in [-0.3, -0.25) is 0 Å². The largest absolute Gasteiger partial charge is 0.326 e. The second kappa shape index (κ2) is 6.08. The summed E-state index contributed by atoms with van der Waals surface area (Å²) in [4.78, 5) is 2.12. The molecule has 1 saturated carbocycles. The average molecular weight is 347 g/mol. The molecule has 0 heterocycles. The summed E-state index contributed by atoms with van der Waals surface area (Å²) in [5.41, 5.74) is 6.28. The topological polar surface area (TPSA) is 29.3 Å². The van der Waals surface area contributed by atoms with E-state index in [-0.39, 0.29) is 28.0 Å². The van der Waals surface area contributed by atoms with Crippen LogP contribution in [0, 0.1) is 11.6 Å². The molecule has 20 heavy (non-hydrogen) atoms. The van der Waals surface area contributed by atoms with Gasteiger partial charge in [-0.1, -0.05) is 12.8 Å². The molecule has 1 atom stereocenters. The maximum atomic E-state index is 14.1. The molecule has 0 saturated heterocycles. The summed E-state index contributed by atoms with van der Waals surface area (Å²) < 4.78 is 28.2. The Morgan fingerprint density at radius 3 is 2.45 bits per heavy atom. The van der Waals surface area contributed by atoms with Crippen molar-refractivity contribution in [1.29, 1.82) is 0 Å². The van der Waals surface area contributed by atoms with Gasteiger partial charge in [-0.2, -0.15) is 0 Å². The van der Waals surface area contributed by atoms with Gasteiger partial charge in [-0.05, 0) is 61.4 Å². The zero-order valence-corrected chi connectivity index (χ0v) is 13.5. The monoisotopic (exact) mass is 346 g/mol. The van der Waals surface area contributed by atoms with Crippen LogP contribution in [-0.4, -0.2) is 30.6 Å². The van der Waals surface area contributed by atoms with Crippen LogP contribution in [0.5, 0.6) is 0 Å². The van der Waals surface area contributed by atoms with Gasteiger partial charge in [0.05, 0.1) is 4.47 Å². The Morgan fingerprint density at radius 1 is 1.30 bits per heavy atom. The smallest absolute Gasteiger partial charge is 0.143 e. The van der Waals surface area contributed by atoms with Crippen molar-refractivity contribution in [2.45, 2.75) is 43.7 Å². The van der Waals surface area contributed by atoms with Crippen molar-refractivity contribution in [2.24, 2.45) is 5.73 Å². The summed E-state index contributed by atoms with van der Waals surface area (Å²) in [6, 6.07) is 2.39. The molecule has 0 bridgehead atoms. The lowest BCUT2D eigenvalue weighted by Gasteiger charge is -2.41. The molecule has 2 nitrogen and oxygen atoms in total. The van der Waals surface area contributed by atoms with Crippen LogP contribution in [0.1, 0.15) is 31.2 Å². The predicted octanol–water partition coefficient (Wildman–Crippen LogP) is 3.47. The Labute approximate surface area is 127 Å². The molecule has 1 aromatic rings. The minimum atomic E-state index is -0.535. The summed E-state index contributed by atoms with van der Waals surface area (Å²) in [6.45, 7) is 0. The number of benzene rings is 1. The first-order chi connectivity index (χ1) is 9.38. The number of hydrogen-bond acceptors (Lipinski definition) is 2. The van der Waals surface area contributed by atoms with E-state index in [2.05, 4.69) is 20.8 Å². The average Bonchev–Trinajstić information content (AvgIpc) is 2.90. The van der Waals surface area contributed by atoms with Crippen molar-refractivity contribution in [3.63, 3.8) is 0 Å². The van der Waals surface area contributed by atoms with Gasteiger partial charge in [0.1, 0.15) is 11.6 Å². The van der Waals surface area contributed by atoms with Crippen molar-refractivity contribution in [1.82, 2.24) is 4.90 Å². The Hall–Kier alpha value is -0.520. The van der Waals surface area contributed by atoms with Crippen LogP contribution in [0.3, 0.4) is 0 Å². The number of halogens is 3. The van der Waals surface area contributed by atoms with Gasteiger partial charge in [0.2, 0.25) is 0 Å². The van der Waals surface area contributed by atoms with Crippen molar-refractivity contribution < 1.29 is 8.78 Å². The molecule has 1 unspecified atom stereocenters. The van der Waals surface area contributed by atoms with E-state index in [9.17, 15) is 8.78 Å². The molecular formula is C15H21BrF2N2. The molecule has 1 aromatic carbocycles. The fraction of sp³-hybridized carbons (Fsp3) is 0.600. The van der Waals surface area contributed by atoms with E-state index in [4.69, 9.17) is 5.73 Å². The highest BCUT2D eigenvalue weighted by Gasteiger charge is 2.41. The van der Waals surface area contributed by atoms with Gasteiger partial charge in [0.25, 0.3) is 0 Å². The molecule has 0 aliphatic heterocycles. The number of nitrogens with zero attached hydrogens (tertiary/aromatic N) is 1. The second-order valence-electron chi connectivity index (χ2n) is 5.84. The molecule has 2 rings (SSSR count). The summed E-state index contributed by atoms with van der Waals surface area (Å²) in [6.07, 6.45) is 4.43. The van der Waals surface area contributed by atoms with Crippen LogP contribution in [0.4, 0.5) is 8.78 Å². The number of nitrogens with two attached hydrogens (primary N) is 1. The third-order valence-corrected chi connectivity index (χ3v) is 5.23. The SMILES string of the molecule is CN(C)C1(C(N)Cc2c(F)ccc(Br)c2F)CCCC1. The number of hydrogen-bond donors (Lipinski definition) is 1.